The van der Waals surface area contributed by atoms with Crippen molar-refractivity contribution in [1.82, 2.24) is 0 Å². The summed E-state index contributed by atoms with van der Waals surface area (Å²) >= 11 is 0. The molecule has 448 valence electrons. The summed E-state index contributed by atoms with van der Waals surface area (Å²) in [5.74, 6) is -3.20. The number of carbonyl (C=O) groups excluding carboxylic acids is 3. The van der Waals surface area contributed by atoms with E-state index in [-0.39, 0.29) is 25.9 Å². The highest BCUT2D eigenvalue weighted by atomic mass is 16.7. The minimum atomic E-state index is -1.92. The molecular weight excluding hydrogens is 997 g/mol. The zero-order valence-electron chi connectivity index (χ0n) is 49.3. The van der Waals surface area contributed by atoms with Crippen molar-refractivity contribution in [3.8, 4) is 0 Å². The second-order valence-electron chi connectivity index (χ2n) is 20.6. The molecule has 0 saturated carbocycles. The van der Waals surface area contributed by atoms with Gasteiger partial charge in [0.25, 0.3) is 0 Å². The number of esters is 3. The second kappa shape index (κ2) is 54.0. The van der Waals surface area contributed by atoms with E-state index in [9.17, 15) is 34.5 Å². The van der Waals surface area contributed by atoms with E-state index < -0.39 is 67.3 Å². The van der Waals surface area contributed by atoms with Gasteiger partial charge in [-0.1, -0.05) is 207 Å². The summed E-state index contributed by atoms with van der Waals surface area (Å²) in [6, 6.07) is 0. The largest absolute Gasteiger partial charge is 0.479 e. The Labute approximate surface area is 478 Å². The van der Waals surface area contributed by atoms with Gasteiger partial charge < -0.3 is 39.0 Å². The number of ether oxygens (including phenoxy) is 5. The van der Waals surface area contributed by atoms with Crippen LogP contribution >= 0.6 is 0 Å². The first-order valence-electron chi connectivity index (χ1n) is 30.9. The van der Waals surface area contributed by atoms with Crippen molar-refractivity contribution >= 4 is 23.9 Å². The maximum absolute atomic E-state index is 13.2. The Balaban J connectivity index is 2.71. The van der Waals surface area contributed by atoms with Crippen LogP contribution in [0.1, 0.15) is 239 Å². The molecule has 0 aliphatic carbocycles. The molecule has 1 heterocycles. The van der Waals surface area contributed by atoms with E-state index >= 15 is 0 Å². The number of carboxylic acid groups (broad SMARTS) is 1. The van der Waals surface area contributed by atoms with Gasteiger partial charge in [-0.05, 0) is 122 Å². The van der Waals surface area contributed by atoms with E-state index in [4.69, 9.17) is 23.7 Å². The molecule has 0 radical (unpaired) electrons. The van der Waals surface area contributed by atoms with Gasteiger partial charge in [0, 0.05) is 19.3 Å². The summed E-state index contributed by atoms with van der Waals surface area (Å²) in [7, 11) is 0. The Morgan fingerprint density at radius 3 is 1.27 bits per heavy atom. The Hall–Kier alpha value is -4.62. The molecular formula is C67H108O12. The van der Waals surface area contributed by atoms with Crippen molar-refractivity contribution in [3.63, 3.8) is 0 Å². The molecule has 1 aliphatic heterocycles. The van der Waals surface area contributed by atoms with Crippen LogP contribution in [0.2, 0.25) is 0 Å². The Morgan fingerprint density at radius 2 is 0.823 bits per heavy atom. The van der Waals surface area contributed by atoms with Crippen LogP contribution in [-0.4, -0.2) is 89.2 Å². The number of hydrogen-bond acceptors (Lipinski definition) is 11. The number of carbonyl (C=O) groups is 4. The molecule has 12 heteroatoms. The molecule has 0 spiro atoms. The summed E-state index contributed by atoms with van der Waals surface area (Å²) in [6.07, 6.45) is 60.5. The monoisotopic (exact) mass is 1100 g/mol. The number of allylic oxidation sites excluding steroid dienone is 18. The normalized spacial score (nSPS) is 18.6. The molecule has 1 rings (SSSR count). The molecule has 1 aliphatic rings. The molecule has 12 nitrogen and oxygen atoms in total. The Bertz CT molecular complexity index is 1790. The van der Waals surface area contributed by atoms with Crippen molar-refractivity contribution in [3.05, 3.63) is 109 Å². The van der Waals surface area contributed by atoms with Crippen LogP contribution in [0.15, 0.2) is 109 Å². The van der Waals surface area contributed by atoms with E-state index in [0.717, 1.165) is 154 Å². The van der Waals surface area contributed by atoms with Gasteiger partial charge in [0.05, 0.1) is 6.61 Å². The van der Waals surface area contributed by atoms with Gasteiger partial charge in [0.1, 0.15) is 18.8 Å². The maximum Gasteiger partial charge on any atom is 0.335 e. The highest BCUT2D eigenvalue weighted by molar-refractivity contribution is 5.74. The first-order chi connectivity index (χ1) is 38.6. The van der Waals surface area contributed by atoms with Gasteiger partial charge in [-0.15, -0.1) is 0 Å². The Morgan fingerprint density at radius 1 is 0.430 bits per heavy atom. The lowest BCUT2D eigenvalue weighted by molar-refractivity contribution is -0.301. The summed E-state index contributed by atoms with van der Waals surface area (Å²) in [4.78, 5) is 51.2. The lowest BCUT2D eigenvalue weighted by Crippen LogP contribution is -2.61. The fraction of sp³-hybridized carbons (Fsp3) is 0.672. The average Bonchev–Trinajstić information content (AvgIpc) is 3.46. The lowest BCUT2D eigenvalue weighted by atomic mass is 9.98. The number of rotatable bonds is 51. The molecule has 6 unspecified atom stereocenters. The highest BCUT2D eigenvalue weighted by Crippen LogP contribution is 2.26. The number of aliphatic carboxylic acids is 1. The van der Waals surface area contributed by atoms with Crippen molar-refractivity contribution in [2.45, 2.75) is 276 Å². The SMILES string of the molecule is CC/C=C\C/C=C\C/C=C\C/C=C\CCCCCCC(=O)OC(COC(=O)CCCCCCCC/C=C\C/C=C\C/C=C\CCCCC)COC1OC(C(=O)O)C(O)C(O)C1OC(=O)CCCCCCC/C=C\C/C=C\CCC. The number of aliphatic hydroxyl groups excluding tert-OH is 2. The van der Waals surface area contributed by atoms with Crippen LogP contribution in [0.4, 0.5) is 0 Å². The van der Waals surface area contributed by atoms with Crippen LogP contribution in [0.5, 0.6) is 0 Å². The van der Waals surface area contributed by atoms with Crippen LogP contribution in [-0.2, 0) is 42.9 Å². The van der Waals surface area contributed by atoms with Crippen molar-refractivity contribution < 1.29 is 58.2 Å². The van der Waals surface area contributed by atoms with Gasteiger partial charge in [-0.25, -0.2) is 4.79 Å². The van der Waals surface area contributed by atoms with Gasteiger partial charge in [0.2, 0.25) is 0 Å². The number of aliphatic hydroxyl groups is 2. The minimum Gasteiger partial charge on any atom is -0.479 e. The molecule has 6 atom stereocenters. The number of unbranched alkanes of at least 4 members (excludes halogenated alkanes) is 19. The fourth-order valence-electron chi connectivity index (χ4n) is 8.58. The van der Waals surface area contributed by atoms with Gasteiger partial charge in [-0.2, -0.15) is 0 Å². The van der Waals surface area contributed by atoms with Crippen LogP contribution < -0.4 is 0 Å². The van der Waals surface area contributed by atoms with E-state index in [1.807, 2.05) is 0 Å². The summed E-state index contributed by atoms with van der Waals surface area (Å²) in [5.41, 5.74) is 0. The quantitative estimate of drug-likeness (QED) is 0.0228. The molecule has 1 fully saturated rings. The molecule has 1 saturated heterocycles. The average molecular weight is 1110 g/mol. The van der Waals surface area contributed by atoms with E-state index in [1.54, 1.807) is 0 Å². The lowest BCUT2D eigenvalue weighted by Gasteiger charge is -2.40. The molecule has 0 amide bonds. The third kappa shape index (κ3) is 43.8. The smallest absolute Gasteiger partial charge is 0.335 e. The fourth-order valence-corrected chi connectivity index (χ4v) is 8.58. The molecule has 0 aromatic heterocycles. The first-order valence-corrected chi connectivity index (χ1v) is 30.9. The zero-order valence-corrected chi connectivity index (χ0v) is 49.3. The first kappa shape index (κ1) is 72.4. The number of carboxylic acids is 1. The predicted molar refractivity (Wildman–Crippen MR) is 321 cm³/mol. The molecule has 0 bridgehead atoms. The van der Waals surface area contributed by atoms with Gasteiger partial charge in [-0.3, -0.25) is 14.4 Å². The molecule has 0 aromatic rings. The van der Waals surface area contributed by atoms with Crippen molar-refractivity contribution in [2.24, 2.45) is 0 Å². The third-order valence-corrected chi connectivity index (χ3v) is 13.3. The topological polar surface area (TPSA) is 175 Å². The summed E-state index contributed by atoms with van der Waals surface area (Å²) in [5, 5.41) is 31.5. The second-order valence-corrected chi connectivity index (χ2v) is 20.6. The molecule has 79 heavy (non-hydrogen) atoms. The van der Waals surface area contributed by atoms with Crippen molar-refractivity contribution in [1.29, 1.82) is 0 Å². The molecule has 3 N–H and O–H groups in total. The zero-order chi connectivity index (χ0) is 57.5. The van der Waals surface area contributed by atoms with E-state index in [1.165, 1.54) is 25.7 Å². The van der Waals surface area contributed by atoms with Gasteiger partial charge in [0.15, 0.2) is 24.6 Å². The summed E-state index contributed by atoms with van der Waals surface area (Å²) < 4.78 is 28.4. The Kier molecular flexibility index (Phi) is 49.5. The minimum absolute atomic E-state index is 0.0346. The van der Waals surface area contributed by atoms with E-state index in [0.29, 0.717) is 19.3 Å². The van der Waals surface area contributed by atoms with E-state index in [2.05, 4.69) is 130 Å². The maximum atomic E-state index is 13.2. The third-order valence-electron chi connectivity index (χ3n) is 13.3. The highest BCUT2D eigenvalue weighted by Gasteiger charge is 2.50. The van der Waals surface area contributed by atoms with Crippen molar-refractivity contribution in [2.75, 3.05) is 13.2 Å². The predicted octanol–water partition coefficient (Wildman–Crippen LogP) is 16.2. The summed E-state index contributed by atoms with van der Waals surface area (Å²) in [6.45, 7) is 5.75. The standard InChI is InChI=1S/C67H108O12/c1-4-7-10-13-16-19-22-25-27-29-30-32-33-36-38-41-44-47-50-53-59(68)75-56-58(77-60(69)54-51-48-45-42-40-37-34-31-28-26-23-20-17-14-11-8-5-2)57-76-67-65(63(72)62(71)64(79-67)66(73)74)78-61(70)55-52-49-46-43-39-35-24-21-18-15-12-9-6-3/h8,11-12,15-17,19-21,24-28,30,32,34,37,58,62-65,67,71-72H,4-7,9-10,13-14,18,22-23,29,31,33,35-36,38-57H2,1-3H3,(H,73,74)/b11-8-,15-12-,19-16-,20-17-,24-21-,27-25-,28-26-,32-30-,37-34-. The van der Waals surface area contributed by atoms with Gasteiger partial charge >= 0.3 is 23.9 Å². The van der Waals surface area contributed by atoms with Crippen LogP contribution in [0.3, 0.4) is 0 Å². The van der Waals surface area contributed by atoms with Crippen LogP contribution in [0.25, 0.3) is 0 Å². The molecule has 0 aromatic carbocycles. The number of hydrogen-bond donors (Lipinski definition) is 3. The van der Waals surface area contributed by atoms with Crippen LogP contribution in [0, 0.1) is 0 Å².